The first kappa shape index (κ1) is 18.2. The predicted octanol–water partition coefficient (Wildman–Crippen LogP) is 2.01. The molecular formula is C15H18ClN4O3S+. The second-order valence-electron chi connectivity index (χ2n) is 5.40. The fourth-order valence-corrected chi connectivity index (χ4v) is 2.52. The van der Waals surface area contributed by atoms with Crippen LogP contribution < -0.4 is 15.5 Å². The van der Waals surface area contributed by atoms with Gasteiger partial charge >= 0.3 is 0 Å². The topological polar surface area (TPSA) is 84.8 Å². The van der Waals surface area contributed by atoms with Crippen LogP contribution in [0.25, 0.3) is 0 Å². The largest absolute Gasteiger partial charge is 0.463 e. The maximum Gasteiger partial charge on any atom is 0.271 e. The molecule has 0 aliphatic heterocycles. The Hall–Kier alpha value is -2.16. The first-order valence-electron chi connectivity index (χ1n) is 7.20. The van der Waals surface area contributed by atoms with Gasteiger partial charge in [0.05, 0.1) is 42.5 Å². The molecule has 2 aromatic rings. The second-order valence-corrected chi connectivity index (χ2v) is 6.22. The van der Waals surface area contributed by atoms with Crippen LogP contribution in [0.3, 0.4) is 0 Å². The Morgan fingerprint density at radius 2 is 2.21 bits per heavy atom. The van der Waals surface area contributed by atoms with Crippen LogP contribution in [0.15, 0.2) is 41.0 Å². The van der Waals surface area contributed by atoms with E-state index in [4.69, 9.17) is 28.2 Å². The number of halogens is 1. The smallest absolute Gasteiger partial charge is 0.271 e. The fourth-order valence-electron chi connectivity index (χ4n) is 2.16. The van der Waals surface area contributed by atoms with Crippen molar-refractivity contribution in [2.45, 2.75) is 6.04 Å². The molecule has 0 aliphatic carbocycles. The Morgan fingerprint density at radius 1 is 1.46 bits per heavy atom. The summed E-state index contributed by atoms with van der Waals surface area (Å²) in [5.74, 6) is 0.846. The Morgan fingerprint density at radius 3 is 2.79 bits per heavy atom. The van der Waals surface area contributed by atoms with Crippen LogP contribution >= 0.6 is 23.8 Å². The lowest BCUT2D eigenvalue weighted by Gasteiger charge is -2.21. The first-order valence-corrected chi connectivity index (χ1v) is 7.99. The molecule has 3 N–H and O–H groups in total. The van der Waals surface area contributed by atoms with E-state index in [1.807, 2.05) is 26.2 Å². The minimum atomic E-state index is -0.486. The summed E-state index contributed by atoms with van der Waals surface area (Å²) in [7, 11) is 4.03. The van der Waals surface area contributed by atoms with Crippen LogP contribution in [-0.2, 0) is 0 Å². The van der Waals surface area contributed by atoms with Crippen molar-refractivity contribution in [3.63, 3.8) is 0 Å². The molecule has 1 atom stereocenters. The third-order valence-electron chi connectivity index (χ3n) is 3.46. The SMILES string of the molecule is C[NH+](C)[C@@H](CNC(=S)Nc1cc([N+](=O)[O-])ccc1Cl)c1ccco1. The van der Waals surface area contributed by atoms with Crippen LogP contribution in [0.5, 0.6) is 0 Å². The highest BCUT2D eigenvalue weighted by Gasteiger charge is 2.21. The first-order chi connectivity index (χ1) is 11.4. The van der Waals surface area contributed by atoms with Crippen molar-refractivity contribution >= 4 is 40.3 Å². The molecule has 0 spiro atoms. The number of nitro benzene ring substituents is 1. The van der Waals surface area contributed by atoms with Gasteiger partial charge in [-0.05, 0) is 30.4 Å². The molecule has 0 radical (unpaired) electrons. The summed E-state index contributed by atoms with van der Waals surface area (Å²) in [6.45, 7) is 0.536. The van der Waals surface area contributed by atoms with Gasteiger partial charge in [-0.1, -0.05) is 11.6 Å². The van der Waals surface area contributed by atoms with E-state index < -0.39 is 4.92 Å². The average Bonchev–Trinajstić information content (AvgIpc) is 3.03. The Balaban J connectivity index is 2.00. The number of hydrogen-bond donors (Lipinski definition) is 3. The number of likely N-dealkylation sites (N-methyl/N-ethyl adjacent to an activating group) is 1. The van der Waals surface area contributed by atoms with E-state index in [9.17, 15) is 10.1 Å². The summed E-state index contributed by atoms with van der Waals surface area (Å²) in [6, 6.07) is 7.96. The third kappa shape index (κ3) is 4.67. The Labute approximate surface area is 149 Å². The lowest BCUT2D eigenvalue weighted by molar-refractivity contribution is -0.891. The molecule has 24 heavy (non-hydrogen) atoms. The molecule has 9 heteroatoms. The zero-order valence-corrected chi connectivity index (χ0v) is 14.8. The molecule has 1 aromatic heterocycles. The summed E-state index contributed by atoms with van der Waals surface area (Å²) < 4.78 is 5.45. The van der Waals surface area contributed by atoms with Crippen LogP contribution in [0.1, 0.15) is 11.8 Å². The lowest BCUT2D eigenvalue weighted by atomic mass is 10.2. The normalized spacial score (nSPS) is 12.0. The third-order valence-corrected chi connectivity index (χ3v) is 4.04. The lowest BCUT2D eigenvalue weighted by Crippen LogP contribution is -3.07. The van der Waals surface area contributed by atoms with Crippen LogP contribution in [0.4, 0.5) is 11.4 Å². The zero-order valence-electron chi connectivity index (χ0n) is 13.2. The van der Waals surface area contributed by atoms with Gasteiger partial charge in [0.2, 0.25) is 0 Å². The van der Waals surface area contributed by atoms with Crippen LogP contribution in [0.2, 0.25) is 5.02 Å². The van der Waals surface area contributed by atoms with Crippen LogP contribution in [-0.4, -0.2) is 30.7 Å². The Bertz CT molecular complexity index is 722. The van der Waals surface area contributed by atoms with E-state index >= 15 is 0 Å². The molecule has 128 valence electrons. The van der Waals surface area contributed by atoms with E-state index in [0.717, 1.165) is 5.76 Å². The molecule has 0 saturated carbocycles. The number of non-ortho nitro benzene ring substituents is 1. The van der Waals surface area contributed by atoms with Crippen molar-refractivity contribution in [3.05, 3.63) is 57.5 Å². The highest BCUT2D eigenvalue weighted by molar-refractivity contribution is 7.80. The maximum absolute atomic E-state index is 10.8. The van der Waals surface area contributed by atoms with E-state index in [2.05, 4.69) is 10.6 Å². The molecule has 0 fully saturated rings. The van der Waals surface area contributed by atoms with E-state index in [1.54, 1.807) is 6.26 Å². The number of nitrogens with zero attached hydrogens (tertiary/aromatic N) is 1. The van der Waals surface area contributed by atoms with E-state index in [0.29, 0.717) is 22.4 Å². The molecule has 7 nitrogen and oxygen atoms in total. The summed E-state index contributed by atoms with van der Waals surface area (Å²) in [5.41, 5.74) is 0.325. The van der Waals surface area contributed by atoms with Crippen molar-refractivity contribution in [2.24, 2.45) is 0 Å². The summed E-state index contributed by atoms with van der Waals surface area (Å²) in [6.07, 6.45) is 1.63. The van der Waals surface area contributed by atoms with Crippen molar-refractivity contribution in [1.29, 1.82) is 0 Å². The van der Waals surface area contributed by atoms with Crippen molar-refractivity contribution in [1.82, 2.24) is 5.32 Å². The maximum atomic E-state index is 10.8. The molecule has 1 heterocycles. The van der Waals surface area contributed by atoms with Crippen LogP contribution in [0, 0.1) is 10.1 Å². The van der Waals surface area contributed by atoms with E-state index in [-0.39, 0.29) is 11.7 Å². The predicted molar refractivity (Wildman–Crippen MR) is 96.6 cm³/mol. The van der Waals surface area contributed by atoms with Gasteiger partial charge in [-0.2, -0.15) is 0 Å². The highest BCUT2D eigenvalue weighted by Crippen LogP contribution is 2.26. The number of benzene rings is 1. The molecule has 0 aliphatic rings. The Kier molecular flexibility index (Phi) is 6.13. The molecule has 2 rings (SSSR count). The molecule has 0 amide bonds. The summed E-state index contributed by atoms with van der Waals surface area (Å²) >= 11 is 11.3. The van der Waals surface area contributed by atoms with Gasteiger partial charge in [-0.3, -0.25) is 10.1 Å². The molecular weight excluding hydrogens is 352 g/mol. The molecule has 1 aromatic carbocycles. The minimum absolute atomic E-state index is 0.0594. The number of thiocarbonyl (C=S) groups is 1. The van der Waals surface area contributed by atoms with Crippen molar-refractivity contribution in [3.8, 4) is 0 Å². The van der Waals surface area contributed by atoms with Gasteiger partial charge in [0.1, 0.15) is 0 Å². The van der Waals surface area contributed by atoms with Gasteiger partial charge in [0, 0.05) is 12.1 Å². The number of rotatable bonds is 6. The highest BCUT2D eigenvalue weighted by atomic mass is 35.5. The molecule has 0 saturated heterocycles. The monoisotopic (exact) mass is 369 g/mol. The fraction of sp³-hybridized carbons (Fsp3) is 0.267. The molecule has 0 unspecified atom stereocenters. The van der Waals surface area contributed by atoms with Gasteiger partial charge in [-0.15, -0.1) is 0 Å². The van der Waals surface area contributed by atoms with Gasteiger partial charge < -0.3 is 20.0 Å². The van der Waals surface area contributed by atoms with Crippen molar-refractivity contribution in [2.75, 3.05) is 26.0 Å². The number of furan rings is 1. The standard InChI is InChI=1S/C15H17ClN4O3S/c1-19(2)13(14-4-3-7-23-14)9-17-15(24)18-12-8-10(20(21)22)5-6-11(12)16/h3-8,13H,9H2,1-2H3,(H2,17,18,24)/p+1/t13-/m0/s1. The number of quaternary nitrogens is 1. The van der Waals surface area contributed by atoms with Crippen molar-refractivity contribution < 1.29 is 14.2 Å². The van der Waals surface area contributed by atoms with E-state index in [1.165, 1.54) is 23.1 Å². The van der Waals surface area contributed by atoms with Gasteiger partial charge in [-0.25, -0.2) is 0 Å². The van der Waals surface area contributed by atoms with Gasteiger partial charge in [0.25, 0.3) is 5.69 Å². The number of nitro groups is 1. The van der Waals surface area contributed by atoms with Gasteiger partial charge in [0.15, 0.2) is 16.9 Å². The number of anilines is 1. The number of hydrogen-bond acceptors (Lipinski definition) is 4. The summed E-state index contributed by atoms with van der Waals surface area (Å²) in [5, 5.41) is 17.5. The average molecular weight is 370 g/mol. The minimum Gasteiger partial charge on any atom is -0.463 e. The zero-order chi connectivity index (χ0) is 17.7. The quantitative estimate of drug-likeness (QED) is 0.410. The second kappa shape index (κ2) is 8.09. The number of nitrogens with one attached hydrogen (secondary N) is 3. The summed E-state index contributed by atoms with van der Waals surface area (Å²) in [4.78, 5) is 11.5. The molecule has 0 bridgehead atoms.